The van der Waals surface area contributed by atoms with Crippen LogP contribution < -0.4 is 16.0 Å². The Morgan fingerprint density at radius 2 is 2.05 bits per heavy atom. The third kappa shape index (κ3) is 3.71. The minimum absolute atomic E-state index is 0.269. The Morgan fingerprint density at radius 1 is 1.32 bits per heavy atom. The van der Waals surface area contributed by atoms with Crippen molar-refractivity contribution in [3.8, 4) is 5.75 Å². The van der Waals surface area contributed by atoms with Gasteiger partial charge in [0.25, 0.3) is 0 Å². The van der Waals surface area contributed by atoms with Gasteiger partial charge in [-0.2, -0.15) is 0 Å². The summed E-state index contributed by atoms with van der Waals surface area (Å²) in [7, 11) is 0. The second-order valence-corrected chi connectivity index (χ2v) is 5.74. The standard InChI is InChI=1S/C16H26N2O/c1-3-10-19-15-8-6-13(7-9-15)16(18-17)14-5-4-12(2)11-14/h6-9,12,14,16,18H,3-5,10-11,17H2,1-2H3. The minimum Gasteiger partial charge on any atom is -0.494 e. The van der Waals surface area contributed by atoms with Crippen LogP contribution in [-0.2, 0) is 0 Å². The van der Waals surface area contributed by atoms with E-state index in [2.05, 4.69) is 31.4 Å². The molecule has 0 heterocycles. The Hall–Kier alpha value is -1.06. The number of rotatable bonds is 6. The number of nitrogens with two attached hydrogens (primary N) is 1. The molecule has 3 unspecified atom stereocenters. The summed E-state index contributed by atoms with van der Waals surface area (Å²) in [5, 5.41) is 0. The first-order chi connectivity index (χ1) is 9.24. The third-order valence-electron chi connectivity index (χ3n) is 4.10. The van der Waals surface area contributed by atoms with Crippen molar-refractivity contribution in [2.75, 3.05) is 6.61 Å². The number of nitrogens with one attached hydrogen (secondary N) is 1. The molecule has 2 rings (SSSR count). The zero-order valence-electron chi connectivity index (χ0n) is 12.1. The molecule has 1 fully saturated rings. The summed E-state index contributed by atoms with van der Waals surface area (Å²) in [6.45, 7) is 5.22. The van der Waals surface area contributed by atoms with Crippen molar-refractivity contribution in [2.45, 2.75) is 45.6 Å². The molecule has 3 heteroatoms. The van der Waals surface area contributed by atoms with E-state index in [-0.39, 0.29) is 6.04 Å². The van der Waals surface area contributed by atoms with Crippen molar-refractivity contribution >= 4 is 0 Å². The predicted molar refractivity (Wildman–Crippen MR) is 78.8 cm³/mol. The molecule has 106 valence electrons. The monoisotopic (exact) mass is 262 g/mol. The van der Waals surface area contributed by atoms with Crippen LogP contribution in [0.3, 0.4) is 0 Å². The van der Waals surface area contributed by atoms with Crippen LogP contribution in [0.25, 0.3) is 0 Å². The number of hydrogen-bond donors (Lipinski definition) is 2. The lowest BCUT2D eigenvalue weighted by Crippen LogP contribution is -2.32. The fourth-order valence-electron chi connectivity index (χ4n) is 3.05. The van der Waals surface area contributed by atoms with Crippen LogP contribution in [0.2, 0.25) is 0 Å². The van der Waals surface area contributed by atoms with Gasteiger partial charge in [0.1, 0.15) is 5.75 Å². The van der Waals surface area contributed by atoms with Gasteiger partial charge in [-0.3, -0.25) is 11.3 Å². The van der Waals surface area contributed by atoms with Crippen molar-refractivity contribution in [1.29, 1.82) is 0 Å². The topological polar surface area (TPSA) is 47.3 Å². The highest BCUT2D eigenvalue weighted by Crippen LogP contribution is 2.38. The molecule has 0 aliphatic heterocycles. The molecule has 0 aromatic heterocycles. The molecule has 3 atom stereocenters. The highest BCUT2D eigenvalue weighted by molar-refractivity contribution is 5.29. The van der Waals surface area contributed by atoms with Crippen molar-refractivity contribution < 1.29 is 4.74 Å². The normalized spacial score (nSPS) is 24.4. The number of hydrogen-bond acceptors (Lipinski definition) is 3. The zero-order valence-corrected chi connectivity index (χ0v) is 12.1. The lowest BCUT2D eigenvalue weighted by atomic mass is 9.91. The van der Waals surface area contributed by atoms with Gasteiger partial charge < -0.3 is 4.74 Å². The van der Waals surface area contributed by atoms with Gasteiger partial charge >= 0.3 is 0 Å². The average Bonchev–Trinajstić information content (AvgIpc) is 2.85. The fraction of sp³-hybridized carbons (Fsp3) is 0.625. The lowest BCUT2D eigenvalue weighted by molar-refractivity contribution is 0.316. The van der Waals surface area contributed by atoms with Crippen molar-refractivity contribution in [3.63, 3.8) is 0 Å². The Balaban J connectivity index is 2.02. The summed E-state index contributed by atoms with van der Waals surface area (Å²) in [6, 6.07) is 8.64. The van der Waals surface area contributed by atoms with E-state index in [1.165, 1.54) is 24.8 Å². The average molecular weight is 262 g/mol. The number of hydrazine groups is 1. The highest BCUT2D eigenvalue weighted by atomic mass is 16.5. The van der Waals surface area contributed by atoms with Crippen LogP contribution in [0.5, 0.6) is 5.75 Å². The highest BCUT2D eigenvalue weighted by Gasteiger charge is 2.29. The molecule has 1 aliphatic carbocycles. The molecule has 3 nitrogen and oxygen atoms in total. The molecular weight excluding hydrogens is 236 g/mol. The first-order valence-corrected chi connectivity index (χ1v) is 7.43. The van der Waals surface area contributed by atoms with Crippen LogP contribution in [0, 0.1) is 11.8 Å². The van der Waals surface area contributed by atoms with Crippen LogP contribution in [0.1, 0.15) is 51.1 Å². The van der Waals surface area contributed by atoms with Gasteiger partial charge in [-0.1, -0.05) is 32.4 Å². The van der Waals surface area contributed by atoms with Gasteiger partial charge in [0.15, 0.2) is 0 Å². The van der Waals surface area contributed by atoms with Gasteiger partial charge in [0.05, 0.1) is 6.61 Å². The molecule has 3 N–H and O–H groups in total. The first-order valence-electron chi connectivity index (χ1n) is 7.43. The first kappa shape index (κ1) is 14.4. The van der Waals surface area contributed by atoms with Gasteiger partial charge in [0.2, 0.25) is 0 Å². The summed E-state index contributed by atoms with van der Waals surface area (Å²) < 4.78 is 5.61. The molecule has 19 heavy (non-hydrogen) atoms. The Kier molecular flexibility index (Phi) is 5.23. The molecular formula is C16H26N2O. The summed E-state index contributed by atoms with van der Waals surface area (Å²) in [4.78, 5) is 0. The largest absolute Gasteiger partial charge is 0.494 e. The maximum absolute atomic E-state index is 5.77. The van der Waals surface area contributed by atoms with Crippen LogP contribution >= 0.6 is 0 Å². The van der Waals surface area contributed by atoms with Crippen LogP contribution in [0.4, 0.5) is 0 Å². The van der Waals surface area contributed by atoms with Gasteiger partial charge in [-0.25, -0.2) is 0 Å². The third-order valence-corrected chi connectivity index (χ3v) is 4.10. The maximum atomic E-state index is 5.77. The van der Waals surface area contributed by atoms with Crippen molar-refractivity contribution in [1.82, 2.24) is 5.43 Å². The van der Waals surface area contributed by atoms with E-state index in [0.29, 0.717) is 5.92 Å². The minimum atomic E-state index is 0.269. The van der Waals surface area contributed by atoms with Gasteiger partial charge in [0, 0.05) is 6.04 Å². The maximum Gasteiger partial charge on any atom is 0.119 e. The molecule has 0 spiro atoms. The Morgan fingerprint density at radius 3 is 2.58 bits per heavy atom. The Labute approximate surface area is 116 Å². The zero-order chi connectivity index (χ0) is 13.7. The van der Waals surface area contributed by atoms with Crippen molar-refractivity contribution in [2.24, 2.45) is 17.7 Å². The molecule has 1 aromatic carbocycles. The second-order valence-electron chi connectivity index (χ2n) is 5.74. The fourth-order valence-corrected chi connectivity index (χ4v) is 3.05. The van der Waals surface area contributed by atoms with Gasteiger partial charge in [-0.15, -0.1) is 0 Å². The molecule has 0 amide bonds. The lowest BCUT2D eigenvalue weighted by Gasteiger charge is -2.23. The van der Waals surface area contributed by atoms with E-state index in [1.54, 1.807) is 0 Å². The van der Waals surface area contributed by atoms with E-state index in [9.17, 15) is 0 Å². The van der Waals surface area contributed by atoms with E-state index < -0.39 is 0 Å². The van der Waals surface area contributed by atoms with Gasteiger partial charge in [-0.05, 0) is 48.8 Å². The molecule has 1 aromatic rings. The summed E-state index contributed by atoms with van der Waals surface area (Å²) in [5.74, 6) is 8.19. The SMILES string of the molecule is CCCOc1ccc(C(NN)C2CCC(C)C2)cc1. The number of benzene rings is 1. The molecule has 0 bridgehead atoms. The molecule has 0 saturated heterocycles. The summed E-state index contributed by atoms with van der Waals surface area (Å²) in [6.07, 6.45) is 4.89. The second kappa shape index (κ2) is 6.92. The van der Waals surface area contributed by atoms with Crippen molar-refractivity contribution in [3.05, 3.63) is 29.8 Å². The van der Waals surface area contributed by atoms with Crippen LogP contribution in [0.15, 0.2) is 24.3 Å². The smallest absolute Gasteiger partial charge is 0.119 e. The summed E-state index contributed by atoms with van der Waals surface area (Å²) >= 11 is 0. The number of ether oxygens (including phenoxy) is 1. The van der Waals surface area contributed by atoms with E-state index >= 15 is 0 Å². The van der Waals surface area contributed by atoms with E-state index in [0.717, 1.165) is 24.7 Å². The molecule has 0 radical (unpaired) electrons. The predicted octanol–water partition coefficient (Wildman–Crippen LogP) is 3.42. The summed E-state index contributed by atoms with van der Waals surface area (Å²) in [5.41, 5.74) is 4.27. The molecule has 1 saturated carbocycles. The van der Waals surface area contributed by atoms with E-state index in [4.69, 9.17) is 10.6 Å². The van der Waals surface area contributed by atoms with E-state index in [1.807, 2.05) is 12.1 Å². The Bertz CT molecular complexity index is 377. The quantitative estimate of drug-likeness (QED) is 0.610. The molecule has 1 aliphatic rings. The van der Waals surface area contributed by atoms with Crippen LogP contribution in [-0.4, -0.2) is 6.61 Å².